The first-order chi connectivity index (χ1) is 10.1. The molecule has 1 saturated heterocycles. The number of hydrogen-bond acceptors (Lipinski definition) is 5. The van der Waals surface area contributed by atoms with Gasteiger partial charge in [0.25, 0.3) is 11.6 Å². The molecule has 1 amide bonds. The average molecular weight is 293 g/mol. The Labute approximate surface area is 123 Å². The van der Waals surface area contributed by atoms with Crippen LogP contribution in [0.5, 0.6) is 0 Å². The van der Waals surface area contributed by atoms with Crippen molar-refractivity contribution in [3.05, 3.63) is 39.4 Å². The van der Waals surface area contributed by atoms with Crippen LogP contribution >= 0.6 is 0 Å². The first-order valence-electron chi connectivity index (χ1n) is 6.92. The molecule has 1 aromatic carbocycles. The highest BCUT2D eigenvalue weighted by molar-refractivity contribution is 5.96. The van der Waals surface area contributed by atoms with E-state index < -0.39 is 4.92 Å². The molecule has 1 aliphatic rings. The fourth-order valence-electron chi connectivity index (χ4n) is 2.31. The Hall–Kier alpha value is -1.99. The van der Waals surface area contributed by atoms with E-state index in [1.165, 1.54) is 12.1 Å². The van der Waals surface area contributed by atoms with Gasteiger partial charge in [-0.05, 0) is 13.0 Å². The minimum atomic E-state index is -0.472. The van der Waals surface area contributed by atoms with Gasteiger partial charge in [-0.2, -0.15) is 0 Å². The maximum Gasteiger partial charge on any atom is 0.273 e. The molecule has 0 radical (unpaired) electrons. The zero-order valence-electron chi connectivity index (χ0n) is 12.0. The molecule has 0 spiro atoms. The molecule has 0 unspecified atom stereocenters. The average Bonchev–Trinajstić information content (AvgIpc) is 2.48. The van der Waals surface area contributed by atoms with Gasteiger partial charge in [-0.3, -0.25) is 19.8 Å². The van der Waals surface area contributed by atoms with Crippen molar-refractivity contribution in [3.8, 4) is 0 Å². The monoisotopic (exact) mass is 293 g/mol. The van der Waals surface area contributed by atoms with E-state index >= 15 is 0 Å². The van der Waals surface area contributed by atoms with Crippen molar-refractivity contribution in [1.29, 1.82) is 0 Å². The van der Waals surface area contributed by atoms with Crippen LogP contribution in [0.2, 0.25) is 0 Å². The molecule has 0 aromatic heterocycles. The number of carbonyl (C=O) groups is 1. The highest BCUT2D eigenvalue weighted by Gasteiger charge is 2.18. The summed E-state index contributed by atoms with van der Waals surface area (Å²) in [5, 5.41) is 13.7. The van der Waals surface area contributed by atoms with E-state index in [-0.39, 0.29) is 11.6 Å². The van der Waals surface area contributed by atoms with Crippen LogP contribution in [0.3, 0.4) is 0 Å². The number of carbonyl (C=O) groups excluding carboxylic acids is 1. The van der Waals surface area contributed by atoms with Crippen molar-refractivity contribution in [1.82, 2.24) is 10.2 Å². The van der Waals surface area contributed by atoms with Crippen molar-refractivity contribution in [3.63, 3.8) is 0 Å². The molecule has 7 heteroatoms. The fourth-order valence-corrected chi connectivity index (χ4v) is 2.31. The molecule has 0 aliphatic carbocycles. The van der Waals surface area contributed by atoms with Gasteiger partial charge < -0.3 is 10.1 Å². The summed E-state index contributed by atoms with van der Waals surface area (Å²) in [7, 11) is 0. The predicted molar refractivity (Wildman–Crippen MR) is 77.4 cm³/mol. The molecule has 0 saturated carbocycles. The maximum absolute atomic E-state index is 12.1. The van der Waals surface area contributed by atoms with Gasteiger partial charge in [-0.15, -0.1) is 0 Å². The quantitative estimate of drug-likeness (QED) is 0.646. The van der Waals surface area contributed by atoms with Crippen LogP contribution in [-0.4, -0.2) is 55.1 Å². The molecule has 7 nitrogen and oxygen atoms in total. The molecule has 0 atom stereocenters. The first-order valence-corrected chi connectivity index (χ1v) is 6.92. The highest BCUT2D eigenvalue weighted by Crippen LogP contribution is 2.20. The van der Waals surface area contributed by atoms with Crippen LogP contribution in [0.1, 0.15) is 15.9 Å². The van der Waals surface area contributed by atoms with Gasteiger partial charge in [0.15, 0.2) is 0 Å². The van der Waals surface area contributed by atoms with E-state index in [9.17, 15) is 14.9 Å². The van der Waals surface area contributed by atoms with E-state index in [1.807, 2.05) is 0 Å². The number of benzene rings is 1. The first kappa shape index (κ1) is 15.4. The Bertz CT molecular complexity index is 527. The van der Waals surface area contributed by atoms with Crippen molar-refractivity contribution in [2.24, 2.45) is 0 Å². The minimum absolute atomic E-state index is 0.0316. The molecule has 1 heterocycles. The second-order valence-corrected chi connectivity index (χ2v) is 4.92. The Balaban J connectivity index is 1.91. The summed E-state index contributed by atoms with van der Waals surface area (Å²) in [5.74, 6) is -0.274. The summed E-state index contributed by atoms with van der Waals surface area (Å²) in [6, 6.07) is 4.54. The number of nitro benzene ring substituents is 1. The lowest BCUT2D eigenvalue weighted by molar-refractivity contribution is -0.385. The molecule has 0 bridgehead atoms. The third-order valence-electron chi connectivity index (χ3n) is 3.56. The third-order valence-corrected chi connectivity index (χ3v) is 3.56. The summed E-state index contributed by atoms with van der Waals surface area (Å²) in [5.41, 5.74) is 0.716. The van der Waals surface area contributed by atoms with E-state index in [2.05, 4.69) is 10.2 Å². The largest absolute Gasteiger partial charge is 0.379 e. The zero-order valence-corrected chi connectivity index (χ0v) is 12.0. The Morgan fingerprint density at radius 3 is 2.81 bits per heavy atom. The van der Waals surface area contributed by atoms with Crippen LogP contribution in [0, 0.1) is 17.0 Å². The third kappa shape index (κ3) is 3.99. The normalized spacial score (nSPS) is 15.7. The molecule has 114 valence electrons. The lowest BCUT2D eigenvalue weighted by Crippen LogP contribution is -2.41. The van der Waals surface area contributed by atoms with Crippen LogP contribution in [0.4, 0.5) is 5.69 Å². The van der Waals surface area contributed by atoms with Crippen LogP contribution in [0.15, 0.2) is 18.2 Å². The molecule has 1 N–H and O–H groups in total. The van der Waals surface area contributed by atoms with E-state index in [1.54, 1.807) is 13.0 Å². The van der Waals surface area contributed by atoms with Crippen LogP contribution in [-0.2, 0) is 4.74 Å². The number of ether oxygens (including phenoxy) is 1. The Morgan fingerprint density at radius 2 is 2.14 bits per heavy atom. The number of morpholine rings is 1. The summed E-state index contributed by atoms with van der Waals surface area (Å²) in [6.45, 7) is 6.03. The second kappa shape index (κ2) is 7.14. The second-order valence-electron chi connectivity index (χ2n) is 4.92. The van der Waals surface area contributed by atoms with Crippen molar-refractivity contribution in [2.45, 2.75) is 6.92 Å². The summed E-state index contributed by atoms with van der Waals surface area (Å²) in [4.78, 5) is 24.7. The predicted octanol–water partition coefficient (Wildman–Crippen LogP) is 0.965. The smallest absolute Gasteiger partial charge is 0.273 e. The van der Waals surface area contributed by atoms with Crippen molar-refractivity contribution < 1.29 is 14.5 Å². The topological polar surface area (TPSA) is 84.7 Å². The number of nitrogens with one attached hydrogen (secondary N) is 1. The summed E-state index contributed by atoms with van der Waals surface area (Å²) >= 11 is 0. The molecule has 1 fully saturated rings. The molecule has 1 aromatic rings. The van der Waals surface area contributed by atoms with E-state index in [0.717, 1.165) is 32.8 Å². The van der Waals surface area contributed by atoms with Crippen molar-refractivity contribution >= 4 is 11.6 Å². The standard InChI is InChI=1S/C14H19N3O4/c1-11-12(3-2-4-13(11)17(19)20)14(18)15-5-6-16-7-9-21-10-8-16/h2-4H,5-10H2,1H3,(H,15,18). The van der Waals surface area contributed by atoms with Gasteiger partial charge in [0, 0.05) is 43.4 Å². The SMILES string of the molecule is Cc1c(C(=O)NCCN2CCOCC2)cccc1[N+](=O)[O-]. The van der Waals surface area contributed by atoms with E-state index in [4.69, 9.17) is 4.74 Å². The minimum Gasteiger partial charge on any atom is -0.379 e. The summed E-state index contributed by atoms with van der Waals surface area (Å²) in [6.07, 6.45) is 0. The number of hydrogen-bond donors (Lipinski definition) is 1. The molecule has 21 heavy (non-hydrogen) atoms. The van der Waals surface area contributed by atoms with Crippen molar-refractivity contribution in [2.75, 3.05) is 39.4 Å². The Kier molecular flexibility index (Phi) is 5.24. The van der Waals surface area contributed by atoms with Crippen LogP contribution < -0.4 is 5.32 Å². The van der Waals surface area contributed by atoms with E-state index in [0.29, 0.717) is 17.7 Å². The molecular weight excluding hydrogens is 274 g/mol. The number of amides is 1. The van der Waals surface area contributed by atoms with Gasteiger partial charge in [0.05, 0.1) is 18.1 Å². The molecule has 2 rings (SSSR count). The van der Waals surface area contributed by atoms with Gasteiger partial charge in [0.2, 0.25) is 0 Å². The molecular formula is C14H19N3O4. The Morgan fingerprint density at radius 1 is 1.43 bits per heavy atom. The highest BCUT2D eigenvalue weighted by atomic mass is 16.6. The maximum atomic E-state index is 12.1. The number of nitrogens with zero attached hydrogens (tertiary/aromatic N) is 2. The summed E-state index contributed by atoms with van der Waals surface area (Å²) < 4.78 is 5.25. The van der Waals surface area contributed by atoms with Gasteiger partial charge in [-0.25, -0.2) is 0 Å². The number of rotatable bonds is 5. The zero-order chi connectivity index (χ0) is 15.2. The molecule has 1 aliphatic heterocycles. The fraction of sp³-hybridized carbons (Fsp3) is 0.500. The van der Waals surface area contributed by atoms with Crippen LogP contribution in [0.25, 0.3) is 0 Å². The van der Waals surface area contributed by atoms with Gasteiger partial charge in [-0.1, -0.05) is 6.07 Å². The van der Waals surface area contributed by atoms with Gasteiger partial charge >= 0.3 is 0 Å². The van der Waals surface area contributed by atoms with Gasteiger partial charge in [0.1, 0.15) is 0 Å². The lowest BCUT2D eigenvalue weighted by atomic mass is 10.1. The number of nitro groups is 1. The lowest BCUT2D eigenvalue weighted by Gasteiger charge is -2.26.